The number of hydrogen-bond donors (Lipinski definition) is 1. The Morgan fingerprint density at radius 1 is 1.15 bits per heavy atom. The monoisotopic (exact) mass is 510 g/mol. The van der Waals surface area contributed by atoms with E-state index in [1.54, 1.807) is 41.2 Å². The van der Waals surface area contributed by atoms with Gasteiger partial charge in [0.2, 0.25) is 11.8 Å². The number of benzene rings is 2. The van der Waals surface area contributed by atoms with Crippen molar-refractivity contribution in [2.45, 2.75) is 18.9 Å². The van der Waals surface area contributed by atoms with Crippen LogP contribution in [-0.4, -0.2) is 66.1 Å². The number of amides is 2. The highest BCUT2D eigenvalue weighted by Crippen LogP contribution is 2.39. The predicted octanol–water partition coefficient (Wildman–Crippen LogP) is 4.47. The molecule has 3 rings (SSSR count). The lowest BCUT2D eigenvalue weighted by Gasteiger charge is -2.40. The van der Waals surface area contributed by atoms with Crippen LogP contribution in [0.2, 0.25) is 15.1 Å². The maximum atomic E-state index is 12.9. The zero-order valence-corrected chi connectivity index (χ0v) is 20.5. The van der Waals surface area contributed by atoms with Crippen molar-refractivity contribution in [2.75, 3.05) is 33.4 Å². The lowest BCUT2D eigenvalue weighted by Crippen LogP contribution is -2.57. The molecule has 1 aliphatic rings. The number of carbonyl (C=O) groups is 2. The second kappa shape index (κ2) is 11.3. The molecule has 0 radical (unpaired) electrons. The molecule has 1 saturated heterocycles. The lowest BCUT2D eigenvalue weighted by atomic mass is 9.99. The average Bonchev–Trinajstić information content (AvgIpc) is 2.83. The Labute approximate surface area is 208 Å². The minimum atomic E-state index is -0.449. The Balaban J connectivity index is 1.77. The lowest BCUT2D eigenvalue weighted by molar-refractivity contribution is -0.141. The van der Waals surface area contributed by atoms with Crippen LogP contribution in [0.3, 0.4) is 0 Å². The Kier molecular flexibility index (Phi) is 8.65. The van der Waals surface area contributed by atoms with Crippen LogP contribution in [-0.2, 0) is 16.0 Å². The van der Waals surface area contributed by atoms with Crippen LogP contribution in [0.15, 0.2) is 43.0 Å². The molecule has 6 nitrogen and oxygen atoms in total. The van der Waals surface area contributed by atoms with Gasteiger partial charge in [0.05, 0.1) is 24.8 Å². The third-order valence-electron chi connectivity index (χ3n) is 5.70. The summed E-state index contributed by atoms with van der Waals surface area (Å²) < 4.78 is 5.48. The summed E-state index contributed by atoms with van der Waals surface area (Å²) in [6, 6.07) is 8.27. The first kappa shape index (κ1) is 25.4. The molecule has 1 atom stereocenters. The van der Waals surface area contributed by atoms with Crippen LogP contribution in [0.1, 0.15) is 12.0 Å². The van der Waals surface area contributed by atoms with Crippen molar-refractivity contribution in [1.82, 2.24) is 9.80 Å². The maximum Gasteiger partial charge on any atom is 0.246 e. The molecule has 1 N–H and O–H groups in total. The number of ether oxygens (including phenoxy) is 1. The molecule has 1 fully saturated rings. The van der Waals surface area contributed by atoms with Crippen molar-refractivity contribution in [3.63, 3.8) is 0 Å². The second-order valence-corrected chi connectivity index (χ2v) is 8.93. The third kappa shape index (κ3) is 5.82. The predicted molar refractivity (Wildman–Crippen MR) is 131 cm³/mol. The van der Waals surface area contributed by atoms with Crippen molar-refractivity contribution in [1.29, 1.82) is 0 Å². The van der Waals surface area contributed by atoms with Crippen LogP contribution in [0, 0.1) is 0 Å². The van der Waals surface area contributed by atoms with Gasteiger partial charge in [-0.05, 0) is 48.4 Å². The highest BCUT2D eigenvalue weighted by Gasteiger charge is 2.31. The van der Waals surface area contributed by atoms with E-state index in [0.29, 0.717) is 51.5 Å². The third-order valence-corrected chi connectivity index (χ3v) is 6.58. The fourth-order valence-corrected chi connectivity index (χ4v) is 4.59. The number of rotatable bonds is 7. The number of methoxy groups -OCH3 is 1. The zero-order chi connectivity index (χ0) is 24.1. The largest absolute Gasteiger partial charge is 0.496 e. The smallest absolute Gasteiger partial charge is 0.246 e. The number of aliphatic hydroxyl groups is 1. The van der Waals surface area contributed by atoms with Crippen molar-refractivity contribution >= 4 is 46.6 Å². The summed E-state index contributed by atoms with van der Waals surface area (Å²) in [6.07, 6.45) is 1.87. The molecule has 2 aromatic rings. The van der Waals surface area contributed by atoms with Crippen molar-refractivity contribution < 1.29 is 19.4 Å². The van der Waals surface area contributed by atoms with E-state index in [2.05, 4.69) is 6.58 Å². The van der Waals surface area contributed by atoms with Gasteiger partial charge in [-0.2, -0.15) is 0 Å². The Morgan fingerprint density at radius 2 is 1.88 bits per heavy atom. The Bertz CT molecular complexity index is 1060. The van der Waals surface area contributed by atoms with E-state index in [9.17, 15) is 14.7 Å². The molecule has 0 aromatic heterocycles. The van der Waals surface area contributed by atoms with E-state index < -0.39 is 6.04 Å². The van der Waals surface area contributed by atoms with Crippen LogP contribution in [0.4, 0.5) is 0 Å². The molecule has 1 heterocycles. The molecule has 2 amide bonds. The SMILES string of the molecule is C=CC(=O)N1CCN(C(=O)CCc2cc(-c3cc(Cl)ccc3Cl)c(Cl)cc2OC)CC1CO. The molecule has 1 unspecified atom stereocenters. The number of aliphatic hydroxyl groups excluding tert-OH is 1. The van der Waals surface area contributed by atoms with E-state index in [1.807, 2.05) is 6.07 Å². The molecule has 1 aliphatic heterocycles. The topological polar surface area (TPSA) is 70.1 Å². The maximum absolute atomic E-state index is 12.9. The van der Waals surface area contributed by atoms with Gasteiger partial charge >= 0.3 is 0 Å². The molecular formula is C24H25Cl3N2O4. The summed E-state index contributed by atoms with van der Waals surface area (Å²) in [5.74, 6) is 0.252. The van der Waals surface area contributed by atoms with Crippen LogP contribution < -0.4 is 4.74 Å². The van der Waals surface area contributed by atoms with E-state index in [0.717, 1.165) is 5.56 Å². The van der Waals surface area contributed by atoms with Crippen molar-refractivity contribution in [2.24, 2.45) is 0 Å². The minimum Gasteiger partial charge on any atom is -0.496 e. The van der Waals surface area contributed by atoms with Crippen LogP contribution in [0.5, 0.6) is 5.75 Å². The molecule has 2 aromatic carbocycles. The number of nitrogens with zero attached hydrogens (tertiary/aromatic N) is 2. The molecule has 0 aliphatic carbocycles. The van der Waals surface area contributed by atoms with Gasteiger partial charge in [-0.3, -0.25) is 9.59 Å². The zero-order valence-electron chi connectivity index (χ0n) is 18.2. The first-order valence-electron chi connectivity index (χ1n) is 10.4. The standard InChI is InChI=1S/C24H25Cl3N2O4/c1-3-23(31)29-9-8-28(13-17(29)14-30)24(32)7-4-15-10-18(21(27)12-22(15)33-2)19-11-16(25)5-6-20(19)26/h3,5-6,10-12,17,30H,1,4,7-9,13-14H2,2H3. The summed E-state index contributed by atoms with van der Waals surface area (Å²) in [7, 11) is 1.55. The molecule has 0 spiro atoms. The van der Waals surface area contributed by atoms with Crippen LogP contribution in [0.25, 0.3) is 11.1 Å². The second-order valence-electron chi connectivity index (χ2n) is 7.68. The highest BCUT2D eigenvalue weighted by atomic mass is 35.5. The fraction of sp³-hybridized carbons (Fsp3) is 0.333. The van der Waals surface area contributed by atoms with Gasteiger partial charge in [0.15, 0.2) is 0 Å². The van der Waals surface area contributed by atoms with Crippen molar-refractivity contribution in [3.8, 4) is 16.9 Å². The number of hydrogen-bond acceptors (Lipinski definition) is 4. The molecule has 9 heteroatoms. The van der Waals surface area contributed by atoms with E-state index in [1.165, 1.54) is 6.08 Å². The number of carbonyl (C=O) groups excluding carboxylic acids is 2. The number of piperazine rings is 1. The Morgan fingerprint density at radius 3 is 2.55 bits per heavy atom. The summed E-state index contributed by atoms with van der Waals surface area (Å²) in [5, 5.41) is 11.2. The van der Waals surface area contributed by atoms with Gasteiger partial charge in [0, 0.05) is 47.2 Å². The van der Waals surface area contributed by atoms with Gasteiger partial charge in [0.25, 0.3) is 0 Å². The van der Waals surface area contributed by atoms with Gasteiger partial charge in [-0.15, -0.1) is 0 Å². The average molecular weight is 512 g/mol. The molecular weight excluding hydrogens is 487 g/mol. The molecule has 33 heavy (non-hydrogen) atoms. The first-order chi connectivity index (χ1) is 15.8. The fourth-order valence-electron chi connectivity index (χ4n) is 3.94. The summed E-state index contributed by atoms with van der Waals surface area (Å²) in [4.78, 5) is 28.1. The quantitative estimate of drug-likeness (QED) is 0.557. The molecule has 0 bridgehead atoms. The number of halogens is 3. The van der Waals surface area contributed by atoms with Gasteiger partial charge in [-0.25, -0.2) is 0 Å². The van der Waals surface area contributed by atoms with E-state index >= 15 is 0 Å². The van der Waals surface area contributed by atoms with Crippen molar-refractivity contribution in [3.05, 3.63) is 63.6 Å². The summed E-state index contributed by atoms with van der Waals surface area (Å²) in [6.45, 7) is 4.29. The summed E-state index contributed by atoms with van der Waals surface area (Å²) >= 11 is 19.0. The van der Waals surface area contributed by atoms with E-state index in [4.69, 9.17) is 39.5 Å². The molecule has 176 valence electrons. The minimum absolute atomic E-state index is 0.0708. The van der Waals surface area contributed by atoms with Crippen LogP contribution >= 0.6 is 34.8 Å². The molecule has 0 saturated carbocycles. The highest BCUT2D eigenvalue weighted by molar-refractivity contribution is 6.37. The first-order valence-corrected chi connectivity index (χ1v) is 11.6. The van der Waals surface area contributed by atoms with E-state index in [-0.39, 0.29) is 31.4 Å². The Hall–Kier alpha value is -2.25. The normalized spacial score (nSPS) is 16.0. The van der Waals surface area contributed by atoms with Gasteiger partial charge in [-0.1, -0.05) is 41.4 Å². The summed E-state index contributed by atoms with van der Waals surface area (Å²) in [5.41, 5.74) is 2.20. The van der Waals surface area contributed by atoms with Gasteiger partial charge in [0.1, 0.15) is 5.75 Å². The van der Waals surface area contributed by atoms with Gasteiger partial charge < -0.3 is 19.6 Å². The number of aryl methyl sites for hydroxylation is 1.